The minimum Gasteiger partial charge on any atom is -0.491 e. The maximum absolute atomic E-state index is 9.29. The van der Waals surface area contributed by atoms with Crippen LogP contribution >= 0.6 is 0 Å². The predicted molar refractivity (Wildman–Crippen MR) is 84.4 cm³/mol. The average Bonchev–Trinajstić information content (AvgIpc) is 2.77. The van der Waals surface area contributed by atoms with Gasteiger partial charge in [0.05, 0.1) is 29.8 Å². The number of aliphatic hydroxyl groups is 1. The lowest BCUT2D eigenvalue weighted by atomic mass is 10.2. The molecule has 1 aromatic carbocycles. The minimum absolute atomic E-state index is 0.0710. The molecule has 0 amide bonds. The van der Waals surface area contributed by atoms with Crippen LogP contribution in [0.2, 0.25) is 0 Å². The Hall–Kier alpha value is -1.59. The summed E-state index contributed by atoms with van der Waals surface area (Å²) in [6.07, 6.45) is 2.01. The van der Waals surface area contributed by atoms with Crippen LogP contribution in [0.25, 0.3) is 11.0 Å². The van der Waals surface area contributed by atoms with Gasteiger partial charge in [-0.1, -0.05) is 13.3 Å². The summed E-state index contributed by atoms with van der Waals surface area (Å²) in [5, 5.41) is 9.29. The van der Waals surface area contributed by atoms with Gasteiger partial charge in [0.2, 0.25) is 0 Å². The molecule has 0 aliphatic rings. The topological polar surface area (TPSA) is 73.3 Å². The van der Waals surface area contributed by atoms with Gasteiger partial charge in [0, 0.05) is 12.6 Å². The van der Waals surface area contributed by atoms with Gasteiger partial charge in [-0.3, -0.25) is 0 Å². The Morgan fingerprint density at radius 3 is 2.76 bits per heavy atom. The van der Waals surface area contributed by atoms with Crippen LogP contribution in [0.1, 0.15) is 45.5 Å². The summed E-state index contributed by atoms with van der Waals surface area (Å²) in [5.41, 5.74) is 8.07. The fourth-order valence-corrected chi connectivity index (χ4v) is 2.53. The SMILES string of the molecule is CCCC(N)c1nc2cc(OC(C)C)ccc2n1CCO. The quantitative estimate of drug-likeness (QED) is 0.822. The van der Waals surface area contributed by atoms with Crippen LogP contribution in [0.15, 0.2) is 18.2 Å². The lowest BCUT2D eigenvalue weighted by molar-refractivity contribution is 0.242. The van der Waals surface area contributed by atoms with Crippen LogP contribution in [0, 0.1) is 0 Å². The van der Waals surface area contributed by atoms with Crippen molar-refractivity contribution in [2.24, 2.45) is 5.73 Å². The van der Waals surface area contributed by atoms with Crippen LogP contribution in [-0.2, 0) is 6.54 Å². The highest BCUT2D eigenvalue weighted by Crippen LogP contribution is 2.26. The molecule has 3 N–H and O–H groups in total. The molecular formula is C16H25N3O2. The lowest BCUT2D eigenvalue weighted by Crippen LogP contribution is -2.17. The van der Waals surface area contributed by atoms with Crippen LogP contribution < -0.4 is 10.5 Å². The first-order valence-electron chi connectivity index (χ1n) is 7.60. The Bertz CT molecular complexity index is 592. The van der Waals surface area contributed by atoms with E-state index in [2.05, 4.69) is 11.9 Å². The molecule has 1 unspecified atom stereocenters. The van der Waals surface area contributed by atoms with Crippen molar-refractivity contribution in [2.45, 2.75) is 52.3 Å². The third-order valence-electron chi connectivity index (χ3n) is 3.38. The van der Waals surface area contributed by atoms with Crippen LogP contribution in [0.5, 0.6) is 5.75 Å². The lowest BCUT2D eigenvalue weighted by Gasteiger charge is -2.13. The Kier molecular flexibility index (Phi) is 5.20. The molecule has 0 saturated carbocycles. The van der Waals surface area contributed by atoms with Crippen molar-refractivity contribution in [1.82, 2.24) is 9.55 Å². The van der Waals surface area contributed by atoms with Crippen LogP contribution in [0.4, 0.5) is 0 Å². The number of ether oxygens (including phenoxy) is 1. The van der Waals surface area contributed by atoms with Crippen molar-refractivity contribution in [2.75, 3.05) is 6.61 Å². The number of nitrogens with zero attached hydrogens (tertiary/aromatic N) is 2. The fraction of sp³-hybridized carbons (Fsp3) is 0.562. The van der Waals surface area contributed by atoms with Gasteiger partial charge in [-0.25, -0.2) is 4.98 Å². The molecule has 0 aliphatic heterocycles. The second kappa shape index (κ2) is 6.91. The number of benzene rings is 1. The minimum atomic E-state index is -0.108. The van der Waals surface area contributed by atoms with E-state index < -0.39 is 0 Å². The van der Waals surface area contributed by atoms with Crippen molar-refractivity contribution < 1.29 is 9.84 Å². The van der Waals surface area contributed by atoms with Crippen molar-refractivity contribution in [3.63, 3.8) is 0 Å². The number of aliphatic hydroxyl groups excluding tert-OH is 1. The highest BCUT2D eigenvalue weighted by atomic mass is 16.5. The Morgan fingerprint density at radius 2 is 2.14 bits per heavy atom. The largest absolute Gasteiger partial charge is 0.491 e. The molecule has 5 nitrogen and oxygen atoms in total. The Labute approximate surface area is 125 Å². The number of hydrogen-bond acceptors (Lipinski definition) is 4. The van der Waals surface area contributed by atoms with Gasteiger partial charge in [-0.15, -0.1) is 0 Å². The summed E-state index contributed by atoms with van der Waals surface area (Å²) >= 11 is 0. The Morgan fingerprint density at radius 1 is 1.38 bits per heavy atom. The molecule has 21 heavy (non-hydrogen) atoms. The van der Waals surface area contributed by atoms with E-state index in [1.807, 2.05) is 36.6 Å². The molecule has 1 heterocycles. The van der Waals surface area contributed by atoms with E-state index in [9.17, 15) is 5.11 Å². The normalized spacial score (nSPS) is 13.0. The van der Waals surface area contributed by atoms with Gasteiger partial charge in [0.1, 0.15) is 11.6 Å². The molecule has 0 spiro atoms. The van der Waals surface area contributed by atoms with E-state index in [4.69, 9.17) is 10.5 Å². The van der Waals surface area contributed by atoms with E-state index in [0.717, 1.165) is 35.4 Å². The van der Waals surface area contributed by atoms with Crippen LogP contribution in [0.3, 0.4) is 0 Å². The van der Waals surface area contributed by atoms with E-state index in [0.29, 0.717) is 6.54 Å². The first-order chi connectivity index (χ1) is 10.1. The second-order valence-corrected chi connectivity index (χ2v) is 5.56. The smallest absolute Gasteiger partial charge is 0.126 e. The molecule has 1 atom stereocenters. The highest BCUT2D eigenvalue weighted by molar-refractivity contribution is 5.78. The first kappa shape index (κ1) is 15.8. The third kappa shape index (κ3) is 3.54. The van der Waals surface area contributed by atoms with Gasteiger partial charge < -0.3 is 20.1 Å². The predicted octanol–water partition coefficient (Wildman–Crippen LogP) is 2.62. The maximum atomic E-state index is 9.29. The number of imidazole rings is 1. The highest BCUT2D eigenvalue weighted by Gasteiger charge is 2.16. The molecule has 0 fully saturated rings. The van der Waals surface area contributed by atoms with E-state index in [-0.39, 0.29) is 18.8 Å². The van der Waals surface area contributed by atoms with E-state index in [1.165, 1.54) is 0 Å². The summed E-state index contributed by atoms with van der Waals surface area (Å²) in [4.78, 5) is 4.66. The van der Waals surface area contributed by atoms with Crippen molar-refractivity contribution in [1.29, 1.82) is 0 Å². The van der Waals surface area contributed by atoms with Gasteiger partial charge in [-0.2, -0.15) is 0 Å². The molecule has 1 aromatic heterocycles. The number of aromatic nitrogens is 2. The van der Waals surface area contributed by atoms with Gasteiger partial charge >= 0.3 is 0 Å². The second-order valence-electron chi connectivity index (χ2n) is 5.56. The van der Waals surface area contributed by atoms with Crippen molar-refractivity contribution in [3.05, 3.63) is 24.0 Å². The summed E-state index contributed by atoms with van der Waals surface area (Å²) in [7, 11) is 0. The number of hydrogen-bond donors (Lipinski definition) is 2. The molecular weight excluding hydrogens is 266 g/mol. The fourth-order valence-electron chi connectivity index (χ4n) is 2.53. The monoisotopic (exact) mass is 291 g/mol. The third-order valence-corrected chi connectivity index (χ3v) is 3.38. The van der Waals surface area contributed by atoms with Crippen molar-refractivity contribution >= 4 is 11.0 Å². The summed E-state index contributed by atoms with van der Waals surface area (Å²) in [6.45, 7) is 6.68. The zero-order chi connectivity index (χ0) is 15.4. The van der Waals surface area contributed by atoms with Gasteiger partial charge in [0.25, 0.3) is 0 Å². The zero-order valence-corrected chi connectivity index (χ0v) is 13.0. The van der Waals surface area contributed by atoms with Gasteiger partial charge in [-0.05, 0) is 32.4 Å². The molecule has 0 saturated heterocycles. The van der Waals surface area contributed by atoms with Gasteiger partial charge in [0.15, 0.2) is 0 Å². The summed E-state index contributed by atoms with van der Waals surface area (Å²) < 4.78 is 7.72. The molecule has 116 valence electrons. The molecule has 2 aromatic rings. The first-order valence-corrected chi connectivity index (χ1v) is 7.60. The number of nitrogens with two attached hydrogens (primary N) is 1. The molecule has 2 rings (SSSR count). The Balaban J connectivity index is 2.45. The van der Waals surface area contributed by atoms with Crippen molar-refractivity contribution in [3.8, 4) is 5.75 Å². The molecule has 0 radical (unpaired) electrons. The number of fused-ring (bicyclic) bond motifs is 1. The molecule has 5 heteroatoms. The molecule has 0 aliphatic carbocycles. The average molecular weight is 291 g/mol. The standard InChI is InChI=1S/C16H25N3O2/c1-4-5-13(17)16-18-14-10-12(21-11(2)3)6-7-15(14)19(16)8-9-20/h6-7,10-11,13,20H,4-5,8-9,17H2,1-3H3. The maximum Gasteiger partial charge on any atom is 0.126 e. The van der Waals surface area contributed by atoms with E-state index in [1.54, 1.807) is 0 Å². The summed E-state index contributed by atoms with van der Waals surface area (Å²) in [6, 6.07) is 5.75. The molecule has 0 bridgehead atoms. The van der Waals surface area contributed by atoms with E-state index >= 15 is 0 Å². The summed E-state index contributed by atoms with van der Waals surface area (Å²) in [5.74, 6) is 1.64. The number of rotatable bonds is 7. The zero-order valence-electron chi connectivity index (χ0n) is 13.0. The van der Waals surface area contributed by atoms with Crippen LogP contribution in [-0.4, -0.2) is 27.4 Å².